The number of carbonyl (C=O) groups is 1. The molecule has 104 valence electrons. The van der Waals surface area contributed by atoms with E-state index in [9.17, 15) is 4.79 Å². The van der Waals surface area contributed by atoms with E-state index in [-0.39, 0.29) is 17.8 Å². The first-order valence-electron chi connectivity index (χ1n) is 6.23. The Balaban J connectivity index is 5.09. The van der Waals surface area contributed by atoms with Crippen molar-refractivity contribution in [3.63, 3.8) is 0 Å². The summed E-state index contributed by atoms with van der Waals surface area (Å²) in [6.07, 6.45) is 5.86. The van der Waals surface area contributed by atoms with Gasteiger partial charge in [0.2, 0.25) is 0 Å². The first kappa shape index (κ1) is 17.0. The van der Waals surface area contributed by atoms with Crippen LogP contribution in [-0.2, 0) is 14.3 Å². The maximum absolute atomic E-state index is 11.4. The van der Waals surface area contributed by atoms with E-state index in [1.807, 2.05) is 26.8 Å². The van der Waals surface area contributed by atoms with E-state index in [2.05, 4.69) is 0 Å². The van der Waals surface area contributed by atoms with Gasteiger partial charge in [0, 0.05) is 6.08 Å². The minimum atomic E-state index is -0.480. The van der Waals surface area contributed by atoms with Crippen molar-refractivity contribution in [2.75, 3.05) is 0 Å². The smallest absolute Gasteiger partial charge is 0.331 e. The fourth-order valence-electron chi connectivity index (χ4n) is 1.20. The molecule has 0 saturated heterocycles. The molecule has 0 aromatic rings. The van der Waals surface area contributed by atoms with Gasteiger partial charge >= 0.3 is 5.97 Å². The van der Waals surface area contributed by atoms with E-state index in [1.54, 1.807) is 26.0 Å². The molecule has 0 fully saturated rings. The zero-order valence-electron chi connectivity index (χ0n) is 12.1. The number of carbonyl (C=O) groups excluding carboxylic acids is 1. The third kappa shape index (κ3) is 7.82. The lowest BCUT2D eigenvalue weighted by Crippen LogP contribution is -2.08. The van der Waals surface area contributed by atoms with Crippen LogP contribution in [0.3, 0.4) is 0 Å². The Kier molecular flexibility index (Phi) is 8.03. The molecule has 0 aromatic carbocycles. The highest BCUT2D eigenvalue weighted by molar-refractivity contribution is 5.83. The summed E-state index contributed by atoms with van der Waals surface area (Å²) in [7, 11) is 0. The highest BCUT2D eigenvalue weighted by Crippen LogP contribution is 2.12. The summed E-state index contributed by atoms with van der Waals surface area (Å²) < 4.78 is 10.5. The molecule has 19 heavy (non-hydrogen) atoms. The van der Waals surface area contributed by atoms with Crippen molar-refractivity contribution in [3.8, 4) is 6.07 Å². The molecule has 0 aromatic heterocycles. The van der Waals surface area contributed by atoms with Crippen LogP contribution >= 0.6 is 0 Å². The number of esters is 1. The summed E-state index contributed by atoms with van der Waals surface area (Å²) in [6.45, 7) is 9.10. The average Bonchev–Trinajstić information content (AvgIpc) is 2.28. The molecule has 0 radical (unpaired) electrons. The number of hydrogen-bond donors (Lipinski definition) is 0. The van der Waals surface area contributed by atoms with E-state index in [1.165, 1.54) is 12.2 Å². The number of nitriles is 1. The predicted octanol–water partition coefficient (Wildman–Crippen LogP) is 3.27. The number of allylic oxidation sites excluding steroid dienone is 4. The maximum atomic E-state index is 11.4. The summed E-state index contributed by atoms with van der Waals surface area (Å²) in [4.78, 5) is 11.4. The molecule has 0 bridgehead atoms. The van der Waals surface area contributed by atoms with Gasteiger partial charge in [-0.05, 0) is 46.8 Å². The van der Waals surface area contributed by atoms with Crippen LogP contribution in [0.5, 0.6) is 0 Å². The van der Waals surface area contributed by atoms with Crippen LogP contribution in [0.1, 0.15) is 34.6 Å². The quantitative estimate of drug-likeness (QED) is 0.242. The molecule has 0 amide bonds. The molecular formula is C15H21NO3. The second-order valence-electron chi connectivity index (χ2n) is 4.38. The molecule has 0 spiro atoms. The standard InChI is InChI=1S/C15H21NO3/c1-6-7-14(18-11(2)3)13(10-16)8-9-15(17)19-12(4)5/h6-9,11-12H,1-5H3/b7-6-,9-8+,14-13-. The SMILES string of the molecule is C\C=C/C(OC(C)C)=C(C#N)\C=C\C(=O)OC(C)C. The predicted molar refractivity (Wildman–Crippen MR) is 74.0 cm³/mol. The first-order chi connectivity index (χ1) is 8.90. The Bertz CT molecular complexity index is 423. The largest absolute Gasteiger partial charge is 0.490 e. The molecule has 4 heteroatoms. The molecule has 0 aliphatic carbocycles. The Morgan fingerprint density at radius 2 is 1.63 bits per heavy atom. The molecule has 4 nitrogen and oxygen atoms in total. The van der Waals surface area contributed by atoms with Crippen LogP contribution in [-0.4, -0.2) is 18.2 Å². The molecule has 0 heterocycles. The fourth-order valence-corrected chi connectivity index (χ4v) is 1.20. The lowest BCUT2D eigenvalue weighted by atomic mass is 10.2. The first-order valence-corrected chi connectivity index (χ1v) is 6.23. The minimum absolute atomic E-state index is 0.0504. The van der Waals surface area contributed by atoms with Crippen LogP contribution in [0.4, 0.5) is 0 Å². The second-order valence-corrected chi connectivity index (χ2v) is 4.38. The normalized spacial score (nSPS) is 12.9. The summed E-state index contributed by atoms with van der Waals surface area (Å²) in [5.41, 5.74) is 0.285. The van der Waals surface area contributed by atoms with Gasteiger partial charge in [-0.15, -0.1) is 0 Å². The Morgan fingerprint density at radius 1 is 1.05 bits per heavy atom. The molecule has 0 aliphatic rings. The highest BCUT2D eigenvalue weighted by Gasteiger charge is 2.06. The highest BCUT2D eigenvalue weighted by atomic mass is 16.5. The van der Waals surface area contributed by atoms with Gasteiger partial charge in [-0.1, -0.05) is 6.08 Å². The van der Waals surface area contributed by atoms with Crippen LogP contribution in [0.15, 0.2) is 35.6 Å². The third-order valence-corrected chi connectivity index (χ3v) is 1.80. The summed E-state index contributed by atoms with van der Waals surface area (Å²) in [5, 5.41) is 9.11. The fraction of sp³-hybridized carbons (Fsp3) is 0.467. The topological polar surface area (TPSA) is 59.3 Å². The molecule has 0 saturated carbocycles. The number of ether oxygens (including phenoxy) is 2. The van der Waals surface area contributed by atoms with E-state index in [0.717, 1.165) is 0 Å². The van der Waals surface area contributed by atoms with E-state index in [4.69, 9.17) is 14.7 Å². The van der Waals surface area contributed by atoms with Crippen molar-refractivity contribution in [1.82, 2.24) is 0 Å². The monoisotopic (exact) mass is 263 g/mol. The third-order valence-electron chi connectivity index (χ3n) is 1.80. The zero-order valence-corrected chi connectivity index (χ0v) is 12.1. The zero-order chi connectivity index (χ0) is 14.8. The molecule has 0 aliphatic heterocycles. The lowest BCUT2D eigenvalue weighted by molar-refractivity contribution is -0.141. The van der Waals surface area contributed by atoms with Gasteiger partial charge in [-0.25, -0.2) is 4.79 Å². The van der Waals surface area contributed by atoms with Crippen LogP contribution in [0, 0.1) is 11.3 Å². The molecule has 0 N–H and O–H groups in total. The van der Waals surface area contributed by atoms with Crippen molar-refractivity contribution in [1.29, 1.82) is 5.26 Å². The number of hydrogen-bond acceptors (Lipinski definition) is 4. The van der Waals surface area contributed by atoms with Crippen molar-refractivity contribution in [3.05, 3.63) is 35.6 Å². The average molecular weight is 263 g/mol. The minimum Gasteiger partial charge on any atom is -0.490 e. The van der Waals surface area contributed by atoms with Crippen LogP contribution in [0.25, 0.3) is 0 Å². The van der Waals surface area contributed by atoms with Crippen molar-refractivity contribution in [2.45, 2.75) is 46.8 Å². The van der Waals surface area contributed by atoms with Crippen molar-refractivity contribution >= 4 is 5.97 Å². The maximum Gasteiger partial charge on any atom is 0.331 e. The van der Waals surface area contributed by atoms with Gasteiger partial charge in [0.15, 0.2) is 0 Å². The summed E-state index contributed by atoms with van der Waals surface area (Å²) >= 11 is 0. The Morgan fingerprint density at radius 3 is 2.05 bits per heavy atom. The van der Waals surface area contributed by atoms with Crippen molar-refractivity contribution < 1.29 is 14.3 Å². The van der Waals surface area contributed by atoms with Gasteiger partial charge in [0.25, 0.3) is 0 Å². The summed E-state index contributed by atoms with van der Waals surface area (Å²) in [5.74, 6) is -0.0410. The van der Waals surface area contributed by atoms with Gasteiger partial charge in [-0.3, -0.25) is 0 Å². The van der Waals surface area contributed by atoms with E-state index < -0.39 is 5.97 Å². The van der Waals surface area contributed by atoms with Gasteiger partial charge in [0.1, 0.15) is 11.8 Å². The summed E-state index contributed by atoms with van der Waals surface area (Å²) in [6, 6.07) is 2.01. The molecule has 0 rings (SSSR count). The Hall–Kier alpha value is -2.02. The van der Waals surface area contributed by atoms with E-state index >= 15 is 0 Å². The van der Waals surface area contributed by atoms with Crippen molar-refractivity contribution in [2.24, 2.45) is 0 Å². The molecule has 0 atom stereocenters. The van der Waals surface area contributed by atoms with Gasteiger partial charge in [0.05, 0.1) is 17.8 Å². The van der Waals surface area contributed by atoms with Gasteiger partial charge in [-0.2, -0.15) is 5.26 Å². The molecule has 0 unspecified atom stereocenters. The van der Waals surface area contributed by atoms with Crippen LogP contribution < -0.4 is 0 Å². The number of nitrogens with zero attached hydrogens (tertiary/aromatic N) is 1. The van der Waals surface area contributed by atoms with E-state index in [0.29, 0.717) is 5.76 Å². The van der Waals surface area contributed by atoms with Gasteiger partial charge < -0.3 is 9.47 Å². The second kappa shape index (κ2) is 8.98. The van der Waals surface area contributed by atoms with Crippen LogP contribution in [0.2, 0.25) is 0 Å². The lowest BCUT2D eigenvalue weighted by Gasteiger charge is -2.11. The Labute approximate surface area is 115 Å². The number of rotatable bonds is 6. The molecular weight excluding hydrogens is 242 g/mol.